The smallest absolute Gasteiger partial charge is 0.278 e. The average molecular weight is 434 g/mol. The molecule has 0 saturated carbocycles. The van der Waals surface area contributed by atoms with E-state index in [0.717, 1.165) is 25.5 Å². The third-order valence-electron chi connectivity index (χ3n) is 3.25. The first kappa shape index (κ1) is 17.3. The fourth-order valence-electron chi connectivity index (χ4n) is 2.17. The molecule has 8 heteroatoms. The molecule has 1 N–H and O–H groups in total. The SMILES string of the molecule is FC(F)(F)c1ccccc1NN=Cc1c(Br)sc2ccc(Cl)cc12. The van der Waals surface area contributed by atoms with Gasteiger partial charge < -0.3 is 0 Å². The molecule has 0 atom stereocenters. The Morgan fingerprint density at radius 1 is 1.17 bits per heavy atom. The highest BCUT2D eigenvalue weighted by atomic mass is 79.9. The molecule has 2 nitrogen and oxygen atoms in total. The van der Waals surface area contributed by atoms with Crippen LogP contribution >= 0.6 is 38.9 Å². The number of hydrogen-bond acceptors (Lipinski definition) is 3. The summed E-state index contributed by atoms with van der Waals surface area (Å²) in [6.45, 7) is 0. The maximum atomic E-state index is 13.0. The van der Waals surface area contributed by atoms with E-state index in [1.165, 1.54) is 35.8 Å². The van der Waals surface area contributed by atoms with E-state index in [0.29, 0.717) is 5.02 Å². The van der Waals surface area contributed by atoms with E-state index in [4.69, 9.17) is 11.6 Å². The summed E-state index contributed by atoms with van der Waals surface area (Å²) in [5, 5.41) is 5.42. The second kappa shape index (κ2) is 6.74. The number of rotatable bonds is 3. The molecule has 0 spiro atoms. The van der Waals surface area contributed by atoms with Gasteiger partial charge in [0.25, 0.3) is 0 Å². The monoisotopic (exact) mass is 432 g/mol. The zero-order chi connectivity index (χ0) is 17.3. The zero-order valence-corrected chi connectivity index (χ0v) is 15.0. The van der Waals surface area contributed by atoms with Crippen LogP contribution in [0.15, 0.2) is 51.4 Å². The number of hydrogen-bond donors (Lipinski definition) is 1. The number of benzene rings is 2. The van der Waals surface area contributed by atoms with Gasteiger partial charge in [0.15, 0.2) is 0 Å². The summed E-state index contributed by atoms with van der Waals surface area (Å²) >= 11 is 10.9. The topological polar surface area (TPSA) is 24.4 Å². The van der Waals surface area contributed by atoms with Gasteiger partial charge in [-0.1, -0.05) is 23.7 Å². The van der Waals surface area contributed by atoms with Gasteiger partial charge in [0, 0.05) is 20.7 Å². The number of hydrazone groups is 1. The Kier molecular flexibility index (Phi) is 4.85. The molecular weight excluding hydrogens is 425 g/mol. The molecule has 1 aromatic heterocycles. The van der Waals surface area contributed by atoms with Gasteiger partial charge >= 0.3 is 6.18 Å². The van der Waals surface area contributed by atoms with Crippen LogP contribution in [0.2, 0.25) is 5.02 Å². The predicted molar refractivity (Wildman–Crippen MR) is 97.2 cm³/mol. The van der Waals surface area contributed by atoms with E-state index >= 15 is 0 Å². The van der Waals surface area contributed by atoms with E-state index in [2.05, 4.69) is 26.5 Å². The largest absolute Gasteiger partial charge is 0.418 e. The Balaban J connectivity index is 1.91. The molecule has 1 heterocycles. The third-order valence-corrected chi connectivity index (χ3v) is 5.38. The normalized spacial score (nSPS) is 12.2. The van der Waals surface area contributed by atoms with E-state index < -0.39 is 11.7 Å². The van der Waals surface area contributed by atoms with Crippen LogP contribution in [-0.4, -0.2) is 6.21 Å². The lowest BCUT2D eigenvalue weighted by molar-refractivity contribution is -0.136. The van der Waals surface area contributed by atoms with Crippen molar-refractivity contribution in [1.29, 1.82) is 0 Å². The van der Waals surface area contributed by atoms with Crippen molar-refractivity contribution < 1.29 is 13.2 Å². The molecule has 0 amide bonds. The van der Waals surface area contributed by atoms with Gasteiger partial charge in [-0.15, -0.1) is 11.3 Å². The number of alkyl halides is 3. The molecule has 0 unspecified atom stereocenters. The molecule has 0 bridgehead atoms. The van der Waals surface area contributed by atoms with Crippen molar-refractivity contribution in [3.05, 3.63) is 62.4 Å². The maximum absolute atomic E-state index is 13.0. The summed E-state index contributed by atoms with van der Waals surface area (Å²) in [7, 11) is 0. The lowest BCUT2D eigenvalue weighted by atomic mass is 10.2. The van der Waals surface area contributed by atoms with Crippen LogP contribution in [0.25, 0.3) is 10.1 Å². The minimum atomic E-state index is -4.44. The molecule has 0 aliphatic heterocycles. The number of fused-ring (bicyclic) bond motifs is 1. The first-order valence-electron chi connectivity index (χ1n) is 6.69. The van der Waals surface area contributed by atoms with Crippen LogP contribution in [-0.2, 0) is 6.18 Å². The van der Waals surface area contributed by atoms with Gasteiger partial charge in [-0.3, -0.25) is 5.43 Å². The number of thiophene rings is 1. The average Bonchev–Trinajstić information content (AvgIpc) is 2.82. The summed E-state index contributed by atoms with van der Waals surface area (Å²) in [4.78, 5) is 0. The van der Waals surface area contributed by atoms with Crippen LogP contribution in [0.4, 0.5) is 18.9 Å². The minimum absolute atomic E-state index is 0.102. The first-order valence-corrected chi connectivity index (χ1v) is 8.68. The number of nitrogens with one attached hydrogen (secondary N) is 1. The minimum Gasteiger partial charge on any atom is -0.278 e. The third kappa shape index (κ3) is 3.58. The van der Waals surface area contributed by atoms with Crippen molar-refractivity contribution in [1.82, 2.24) is 0 Å². The standard InChI is InChI=1S/C16H9BrClF3N2S/c17-15-11(10-7-9(18)5-6-14(10)24-15)8-22-23-13-4-2-1-3-12(13)16(19,20)21/h1-8,23H. The highest BCUT2D eigenvalue weighted by Gasteiger charge is 2.33. The highest BCUT2D eigenvalue weighted by Crippen LogP contribution is 2.36. The Morgan fingerprint density at radius 3 is 2.67 bits per heavy atom. The fourth-order valence-corrected chi connectivity index (χ4v) is 4.07. The lowest BCUT2D eigenvalue weighted by Crippen LogP contribution is -2.08. The molecule has 0 aliphatic rings. The molecule has 2 aromatic carbocycles. The van der Waals surface area contributed by atoms with Crippen molar-refractivity contribution in [3.63, 3.8) is 0 Å². The van der Waals surface area contributed by atoms with Crippen molar-refractivity contribution in [3.8, 4) is 0 Å². The molecule has 24 heavy (non-hydrogen) atoms. The molecule has 3 rings (SSSR count). The van der Waals surface area contributed by atoms with Crippen LogP contribution in [0, 0.1) is 0 Å². The van der Waals surface area contributed by atoms with Gasteiger partial charge in [0.1, 0.15) is 0 Å². The quantitative estimate of drug-likeness (QED) is 0.357. The summed E-state index contributed by atoms with van der Waals surface area (Å²) in [5.41, 5.74) is 2.36. The van der Waals surface area contributed by atoms with Gasteiger partial charge in [-0.25, -0.2) is 0 Å². The van der Waals surface area contributed by atoms with Gasteiger partial charge in [0.05, 0.1) is 21.3 Å². The Bertz CT molecular complexity index is 921. The van der Waals surface area contributed by atoms with Crippen molar-refractivity contribution in [2.24, 2.45) is 5.10 Å². The number of anilines is 1. The fraction of sp³-hybridized carbons (Fsp3) is 0.0625. The Hall–Kier alpha value is -1.57. The molecule has 124 valence electrons. The summed E-state index contributed by atoms with van der Waals surface area (Å²) in [6.07, 6.45) is -2.96. The van der Waals surface area contributed by atoms with Gasteiger partial charge in [0.2, 0.25) is 0 Å². The van der Waals surface area contributed by atoms with E-state index in [-0.39, 0.29) is 5.69 Å². The number of para-hydroxylation sites is 1. The molecule has 0 aliphatic carbocycles. The van der Waals surface area contributed by atoms with Crippen LogP contribution in [0.5, 0.6) is 0 Å². The second-order valence-corrected chi connectivity index (χ2v) is 7.65. The van der Waals surface area contributed by atoms with Crippen molar-refractivity contribution in [2.75, 3.05) is 5.43 Å². The van der Waals surface area contributed by atoms with Crippen LogP contribution in [0.3, 0.4) is 0 Å². The second-order valence-electron chi connectivity index (χ2n) is 4.84. The Morgan fingerprint density at radius 2 is 1.92 bits per heavy atom. The van der Waals surface area contributed by atoms with E-state index in [1.807, 2.05) is 6.07 Å². The van der Waals surface area contributed by atoms with Gasteiger partial charge in [-0.05, 0) is 46.3 Å². The lowest BCUT2D eigenvalue weighted by Gasteiger charge is -2.11. The molecular formula is C16H9BrClF3N2S. The van der Waals surface area contributed by atoms with Crippen LogP contribution < -0.4 is 5.43 Å². The molecule has 0 saturated heterocycles. The molecule has 0 fully saturated rings. The zero-order valence-electron chi connectivity index (χ0n) is 11.9. The summed E-state index contributed by atoms with van der Waals surface area (Å²) < 4.78 is 40.7. The van der Waals surface area contributed by atoms with Crippen molar-refractivity contribution >= 4 is 60.9 Å². The van der Waals surface area contributed by atoms with Gasteiger partial charge in [-0.2, -0.15) is 18.3 Å². The van der Waals surface area contributed by atoms with E-state index in [1.54, 1.807) is 12.1 Å². The van der Waals surface area contributed by atoms with Crippen LogP contribution in [0.1, 0.15) is 11.1 Å². The molecule has 0 radical (unpaired) electrons. The number of nitrogens with zero attached hydrogens (tertiary/aromatic N) is 1. The summed E-state index contributed by atoms with van der Waals surface area (Å²) in [6, 6.07) is 10.7. The number of halogens is 5. The summed E-state index contributed by atoms with van der Waals surface area (Å²) in [5.74, 6) is 0. The maximum Gasteiger partial charge on any atom is 0.418 e. The van der Waals surface area contributed by atoms with Crippen molar-refractivity contribution in [2.45, 2.75) is 6.18 Å². The Labute approximate surface area is 153 Å². The van der Waals surface area contributed by atoms with E-state index in [9.17, 15) is 13.2 Å². The molecule has 3 aromatic rings. The first-order chi connectivity index (χ1) is 11.4. The predicted octanol–water partition coefficient (Wildman–Crippen LogP) is 6.78. The highest BCUT2D eigenvalue weighted by molar-refractivity contribution is 9.11.